The highest BCUT2D eigenvalue weighted by molar-refractivity contribution is 7.89. The number of alkyl halides is 3. The number of methoxy groups -OCH3 is 1. The maximum atomic E-state index is 12.7. The predicted octanol–water partition coefficient (Wildman–Crippen LogP) is 3.22. The summed E-state index contributed by atoms with van der Waals surface area (Å²) in [5, 5.41) is 0. The molecule has 0 saturated carbocycles. The van der Waals surface area contributed by atoms with E-state index in [2.05, 4.69) is 4.90 Å². The Kier molecular flexibility index (Phi) is 5.97. The zero-order chi connectivity index (χ0) is 20.4. The number of nitrogens with zero attached hydrogens (tertiary/aromatic N) is 2. The van der Waals surface area contributed by atoms with E-state index in [1.165, 1.54) is 4.31 Å². The van der Waals surface area contributed by atoms with Gasteiger partial charge in [-0.05, 0) is 30.3 Å². The molecule has 2 aromatic carbocycles. The number of ether oxygens (including phenoxy) is 1. The molecule has 0 unspecified atom stereocenters. The summed E-state index contributed by atoms with van der Waals surface area (Å²) >= 11 is 0. The van der Waals surface area contributed by atoms with Gasteiger partial charge >= 0.3 is 6.18 Å². The molecule has 0 aromatic heterocycles. The first-order valence-electron chi connectivity index (χ1n) is 8.73. The van der Waals surface area contributed by atoms with Crippen LogP contribution in [0.1, 0.15) is 11.1 Å². The van der Waals surface area contributed by atoms with Crippen molar-refractivity contribution in [2.24, 2.45) is 0 Å². The molecule has 0 amide bonds. The Morgan fingerprint density at radius 1 is 0.964 bits per heavy atom. The molecule has 1 fully saturated rings. The summed E-state index contributed by atoms with van der Waals surface area (Å²) in [6.07, 6.45) is -4.49. The molecule has 0 aliphatic carbocycles. The van der Waals surface area contributed by atoms with E-state index < -0.39 is 21.8 Å². The largest absolute Gasteiger partial charge is 0.496 e. The first kappa shape index (κ1) is 20.6. The van der Waals surface area contributed by atoms with Crippen LogP contribution >= 0.6 is 0 Å². The molecule has 1 saturated heterocycles. The van der Waals surface area contributed by atoms with Crippen LogP contribution in [0.3, 0.4) is 0 Å². The smallest absolute Gasteiger partial charge is 0.416 e. The Bertz CT molecular complexity index is 907. The van der Waals surface area contributed by atoms with Crippen molar-refractivity contribution in [3.63, 3.8) is 0 Å². The highest BCUT2D eigenvalue weighted by Crippen LogP contribution is 2.30. The third kappa shape index (κ3) is 4.48. The van der Waals surface area contributed by atoms with Gasteiger partial charge in [-0.2, -0.15) is 17.5 Å². The first-order chi connectivity index (χ1) is 13.2. The minimum Gasteiger partial charge on any atom is -0.496 e. The van der Waals surface area contributed by atoms with Gasteiger partial charge in [0.25, 0.3) is 0 Å². The second-order valence-corrected chi connectivity index (χ2v) is 8.45. The molecule has 0 atom stereocenters. The Hall–Kier alpha value is -2.10. The van der Waals surface area contributed by atoms with E-state index in [9.17, 15) is 21.6 Å². The molecule has 1 aliphatic rings. The Morgan fingerprint density at radius 2 is 1.57 bits per heavy atom. The molecule has 0 bridgehead atoms. The van der Waals surface area contributed by atoms with Crippen molar-refractivity contribution in [3.05, 3.63) is 59.7 Å². The molecule has 9 heteroatoms. The van der Waals surface area contributed by atoms with Crippen molar-refractivity contribution >= 4 is 10.0 Å². The number of sulfonamides is 1. The number of hydrogen-bond acceptors (Lipinski definition) is 4. The van der Waals surface area contributed by atoms with Crippen LogP contribution in [0.25, 0.3) is 0 Å². The normalized spacial score (nSPS) is 16.9. The van der Waals surface area contributed by atoms with Gasteiger partial charge in [0.2, 0.25) is 10.0 Å². The third-order valence-corrected chi connectivity index (χ3v) is 6.65. The van der Waals surface area contributed by atoms with Crippen LogP contribution in [0.5, 0.6) is 5.75 Å². The van der Waals surface area contributed by atoms with Gasteiger partial charge in [0.1, 0.15) is 5.75 Å². The fourth-order valence-electron chi connectivity index (χ4n) is 3.17. The highest BCUT2D eigenvalue weighted by atomic mass is 32.2. The van der Waals surface area contributed by atoms with Crippen molar-refractivity contribution in [2.45, 2.75) is 17.6 Å². The molecule has 28 heavy (non-hydrogen) atoms. The lowest BCUT2D eigenvalue weighted by molar-refractivity contribution is -0.137. The van der Waals surface area contributed by atoms with Crippen molar-refractivity contribution in [3.8, 4) is 5.75 Å². The molecule has 2 aromatic rings. The van der Waals surface area contributed by atoms with E-state index >= 15 is 0 Å². The van der Waals surface area contributed by atoms with Crippen LogP contribution in [0.15, 0.2) is 53.4 Å². The molecule has 3 rings (SSSR count). The maximum absolute atomic E-state index is 12.7. The first-order valence-corrected chi connectivity index (χ1v) is 10.2. The van der Waals surface area contributed by atoms with Crippen LogP contribution in [0.4, 0.5) is 13.2 Å². The second-order valence-electron chi connectivity index (χ2n) is 6.51. The predicted molar refractivity (Wildman–Crippen MR) is 98.5 cm³/mol. The van der Waals surface area contributed by atoms with Crippen molar-refractivity contribution in [1.29, 1.82) is 0 Å². The van der Waals surface area contributed by atoms with E-state index in [4.69, 9.17) is 4.74 Å². The summed E-state index contributed by atoms with van der Waals surface area (Å²) in [4.78, 5) is 2.00. The number of hydrogen-bond donors (Lipinski definition) is 0. The number of piperazine rings is 1. The van der Waals surface area contributed by atoms with Crippen molar-refractivity contribution in [1.82, 2.24) is 9.21 Å². The van der Waals surface area contributed by atoms with Crippen molar-refractivity contribution < 1.29 is 26.3 Å². The lowest BCUT2D eigenvalue weighted by Gasteiger charge is -2.34. The van der Waals surface area contributed by atoms with E-state index in [0.29, 0.717) is 19.6 Å². The maximum Gasteiger partial charge on any atom is 0.416 e. The minimum absolute atomic E-state index is 0.126. The lowest BCUT2D eigenvalue weighted by atomic mass is 10.2. The number of rotatable bonds is 5. The lowest BCUT2D eigenvalue weighted by Crippen LogP contribution is -2.48. The van der Waals surface area contributed by atoms with Gasteiger partial charge in [-0.3, -0.25) is 4.90 Å². The molecular weight excluding hydrogens is 393 g/mol. The van der Waals surface area contributed by atoms with Gasteiger partial charge in [0.05, 0.1) is 17.6 Å². The van der Waals surface area contributed by atoms with E-state index in [-0.39, 0.29) is 18.0 Å². The Labute approximate surface area is 162 Å². The average Bonchev–Trinajstić information content (AvgIpc) is 2.68. The van der Waals surface area contributed by atoms with Crippen LogP contribution < -0.4 is 4.74 Å². The van der Waals surface area contributed by atoms with Crippen LogP contribution in [0, 0.1) is 0 Å². The molecule has 1 aliphatic heterocycles. The van der Waals surface area contributed by atoms with E-state index in [0.717, 1.165) is 35.6 Å². The molecule has 0 spiro atoms. The van der Waals surface area contributed by atoms with Crippen LogP contribution in [-0.2, 0) is 22.7 Å². The van der Waals surface area contributed by atoms with Crippen LogP contribution in [0.2, 0.25) is 0 Å². The molecule has 0 N–H and O–H groups in total. The molecule has 1 heterocycles. The summed E-state index contributed by atoms with van der Waals surface area (Å²) in [5.74, 6) is 0.780. The highest BCUT2D eigenvalue weighted by Gasteiger charge is 2.32. The monoisotopic (exact) mass is 414 g/mol. The summed E-state index contributed by atoms with van der Waals surface area (Å²) in [6.45, 7) is 2.24. The number of para-hydroxylation sites is 1. The van der Waals surface area contributed by atoms with Gasteiger partial charge in [-0.15, -0.1) is 0 Å². The average molecular weight is 414 g/mol. The fourth-order valence-corrected chi connectivity index (χ4v) is 4.59. The Balaban J connectivity index is 1.65. The van der Waals surface area contributed by atoms with Gasteiger partial charge in [-0.1, -0.05) is 18.2 Å². The van der Waals surface area contributed by atoms with Gasteiger partial charge in [0, 0.05) is 38.3 Å². The Morgan fingerprint density at radius 3 is 2.14 bits per heavy atom. The number of benzene rings is 2. The van der Waals surface area contributed by atoms with Crippen molar-refractivity contribution in [2.75, 3.05) is 33.3 Å². The summed E-state index contributed by atoms with van der Waals surface area (Å²) in [7, 11) is -2.21. The molecule has 152 valence electrons. The van der Waals surface area contributed by atoms with E-state index in [1.807, 2.05) is 24.3 Å². The minimum atomic E-state index is -4.49. The summed E-state index contributed by atoms with van der Waals surface area (Å²) < 4.78 is 70.1. The van der Waals surface area contributed by atoms with E-state index in [1.54, 1.807) is 7.11 Å². The second kappa shape index (κ2) is 8.10. The summed E-state index contributed by atoms with van der Waals surface area (Å²) in [5.41, 5.74) is 0.150. The molecular formula is C19H21F3N2O3S. The zero-order valence-electron chi connectivity index (χ0n) is 15.3. The van der Waals surface area contributed by atoms with Gasteiger partial charge in [0.15, 0.2) is 0 Å². The topological polar surface area (TPSA) is 49.9 Å². The fraction of sp³-hybridized carbons (Fsp3) is 0.368. The standard InChI is InChI=1S/C19H21F3N2O3S/c1-27-18-5-3-2-4-15(18)14-23-10-12-24(13-11-23)28(25,26)17-8-6-16(7-9-17)19(20,21)22/h2-9H,10-14H2,1H3. The van der Waals surface area contributed by atoms with Gasteiger partial charge in [-0.25, -0.2) is 8.42 Å². The molecule has 0 radical (unpaired) electrons. The third-order valence-electron chi connectivity index (χ3n) is 4.74. The van der Waals surface area contributed by atoms with Crippen LogP contribution in [-0.4, -0.2) is 50.9 Å². The SMILES string of the molecule is COc1ccccc1CN1CCN(S(=O)(=O)c2ccc(C(F)(F)F)cc2)CC1. The summed E-state index contributed by atoms with van der Waals surface area (Å²) in [6, 6.07) is 11.3. The quantitative estimate of drug-likeness (QED) is 0.754. The van der Waals surface area contributed by atoms with Gasteiger partial charge < -0.3 is 4.74 Å². The number of halogens is 3. The zero-order valence-corrected chi connectivity index (χ0v) is 16.1. The molecule has 5 nitrogen and oxygen atoms in total.